The Labute approximate surface area is 105 Å². The smallest absolute Gasteiger partial charge is 0.384 e. The van der Waals surface area contributed by atoms with Gasteiger partial charge in [0, 0.05) is 24.9 Å². The second-order valence-electron chi connectivity index (χ2n) is 3.68. The van der Waals surface area contributed by atoms with Gasteiger partial charge >= 0.3 is 5.97 Å². The highest BCUT2D eigenvalue weighted by Crippen LogP contribution is 2.14. The molecule has 0 aliphatic carbocycles. The summed E-state index contributed by atoms with van der Waals surface area (Å²) < 4.78 is 10.1. The van der Waals surface area contributed by atoms with E-state index < -0.39 is 5.97 Å². The number of aromatic nitrogens is 2. The Balaban J connectivity index is 2.13. The van der Waals surface area contributed by atoms with Gasteiger partial charge in [0.25, 0.3) is 0 Å². The van der Waals surface area contributed by atoms with Gasteiger partial charge in [0.1, 0.15) is 6.10 Å². The minimum atomic E-state index is -0.617. The summed E-state index contributed by atoms with van der Waals surface area (Å²) in [5, 5.41) is 3.19. The zero-order valence-corrected chi connectivity index (χ0v) is 9.97. The van der Waals surface area contributed by atoms with Crippen molar-refractivity contribution in [3.63, 3.8) is 0 Å². The molecule has 6 nitrogen and oxygen atoms in total. The molecule has 1 saturated heterocycles. The number of rotatable bonds is 2. The molecule has 0 amide bonds. The van der Waals surface area contributed by atoms with Crippen molar-refractivity contribution in [3.8, 4) is 17.7 Å². The minimum Gasteiger partial charge on any atom is -0.471 e. The first-order valence-electron chi connectivity index (χ1n) is 5.58. The standard InChI is InChI=1S/C12H13N3O3/c1-17-11(16)3-2-10-12(15-7-6-14-10)18-9-4-5-13-8-9/h6-7,9,13H,4-5,8H2,1H3. The number of carbonyl (C=O) groups excluding carboxylic acids is 1. The monoisotopic (exact) mass is 247 g/mol. The summed E-state index contributed by atoms with van der Waals surface area (Å²) in [7, 11) is 1.27. The Morgan fingerprint density at radius 1 is 1.50 bits per heavy atom. The number of hydrogen-bond donors (Lipinski definition) is 1. The molecule has 0 spiro atoms. The predicted octanol–water partition coefficient (Wildman–Crippen LogP) is -0.258. The summed E-state index contributed by atoms with van der Waals surface area (Å²) in [5.41, 5.74) is 0.342. The molecule has 0 aromatic carbocycles. The molecule has 18 heavy (non-hydrogen) atoms. The second-order valence-corrected chi connectivity index (χ2v) is 3.68. The van der Waals surface area contributed by atoms with E-state index in [4.69, 9.17) is 4.74 Å². The van der Waals surface area contributed by atoms with E-state index >= 15 is 0 Å². The predicted molar refractivity (Wildman–Crippen MR) is 62.8 cm³/mol. The van der Waals surface area contributed by atoms with Crippen LogP contribution in [0.2, 0.25) is 0 Å². The van der Waals surface area contributed by atoms with Crippen LogP contribution in [0.5, 0.6) is 5.88 Å². The zero-order valence-electron chi connectivity index (χ0n) is 9.97. The number of esters is 1. The van der Waals surface area contributed by atoms with Crippen LogP contribution in [0, 0.1) is 11.8 Å². The fourth-order valence-electron chi connectivity index (χ4n) is 1.55. The van der Waals surface area contributed by atoms with Crippen molar-refractivity contribution in [1.82, 2.24) is 15.3 Å². The van der Waals surface area contributed by atoms with Gasteiger partial charge in [0.05, 0.1) is 7.11 Å². The molecule has 94 valence electrons. The lowest BCUT2D eigenvalue weighted by atomic mass is 10.3. The van der Waals surface area contributed by atoms with E-state index in [2.05, 4.69) is 31.9 Å². The van der Waals surface area contributed by atoms with Gasteiger partial charge in [-0.3, -0.25) is 0 Å². The quantitative estimate of drug-likeness (QED) is 0.573. The lowest BCUT2D eigenvalue weighted by Crippen LogP contribution is -2.20. The first-order chi connectivity index (χ1) is 8.79. The largest absolute Gasteiger partial charge is 0.471 e. The molecule has 6 heteroatoms. The summed E-state index contributed by atoms with van der Waals surface area (Å²) in [6, 6.07) is 0. The van der Waals surface area contributed by atoms with Crippen molar-refractivity contribution < 1.29 is 14.3 Å². The van der Waals surface area contributed by atoms with Crippen LogP contribution in [0.1, 0.15) is 12.1 Å². The van der Waals surface area contributed by atoms with Crippen LogP contribution in [0.25, 0.3) is 0 Å². The molecule has 1 atom stereocenters. The van der Waals surface area contributed by atoms with E-state index in [1.165, 1.54) is 19.5 Å². The molecule has 1 aromatic rings. The summed E-state index contributed by atoms with van der Waals surface area (Å²) >= 11 is 0. The first-order valence-corrected chi connectivity index (χ1v) is 5.58. The molecule has 0 saturated carbocycles. The maximum atomic E-state index is 10.9. The second kappa shape index (κ2) is 5.98. The lowest BCUT2D eigenvalue weighted by molar-refractivity contribution is -0.133. The van der Waals surface area contributed by atoms with Gasteiger partial charge < -0.3 is 14.8 Å². The van der Waals surface area contributed by atoms with E-state index in [1.54, 1.807) is 0 Å². The number of carbonyl (C=O) groups is 1. The Morgan fingerprint density at radius 3 is 3.06 bits per heavy atom. The van der Waals surface area contributed by atoms with Crippen molar-refractivity contribution in [2.75, 3.05) is 20.2 Å². The highest BCUT2D eigenvalue weighted by Gasteiger charge is 2.18. The average molecular weight is 247 g/mol. The molecular weight excluding hydrogens is 234 g/mol. The first kappa shape index (κ1) is 12.3. The van der Waals surface area contributed by atoms with Crippen molar-refractivity contribution in [1.29, 1.82) is 0 Å². The highest BCUT2D eigenvalue weighted by atomic mass is 16.5. The Hall–Kier alpha value is -2.13. The molecule has 0 radical (unpaired) electrons. The van der Waals surface area contributed by atoms with Crippen molar-refractivity contribution in [3.05, 3.63) is 18.1 Å². The van der Waals surface area contributed by atoms with Crippen LogP contribution >= 0.6 is 0 Å². The van der Waals surface area contributed by atoms with Crippen LogP contribution in [-0.2, 0) is 9.53 Å². The molecule has 1 fully saturated rings. The number of hydrogen-bond acceptors (Lipinski definition) is 6. The van der Waals surface area contributed by atoms with Gasteiger partial charge in [-0.05, 0) is 18.9 Å². The van der Waals surface area contributed by atoms with Crippen LogP contribution in [0.3, 0.4) is 0 Å². The molecule has 1 unspecified atom stereocenters. The van der Waals surface area contributed by atoms with E-state index in [9.17, 15) is 4.79 Å². The summed E-state index contributed by atoms with van der Waals surface area (Å²) in [4.78, 5) is 19.1. The third-order valence-corrected chi connectivity index (χ3v) is 2.43. The van der Waals surface area contributed by atoms with Gasteiger partial charge in [0.2, 0.25) is 5.88 Å². The molecule has 0 bridgehead atoms. The lowest BCUT2D eigenvalue weighted by Gasteiger charge is -2.11. The van der Waals surface area contributed by atoms with Gasteiger partial charge in [0.15, 0.2) is 5.69 Å². The van der Waals surface area contributed by atoms with Crippen molar-refractivity contribution >= 4 is 5.97 Å². The number of methoxy groups -OCH3 is 1. The molecule has 2 rings (SSSR count). The molecule has 1 N–H and O–H groups in total. The average Bonchev–Trinajstić information content (AvgIpc) is 2.90. The summed E-state index contributed by atoms with van der Waals surface area (Å²) in [5.74, 6) is 4.63. The summed E-state index contributed by atoms with van der Waals surface area (Å²) in [6.45, 7) is 1.70. The highest BCUT2D eigenvalue weighted by molar-refractivity contribution is 5.88. The fraction of sp³-hybridized carbons (Fsp3) is 0.417. The van der Waals surface area contributed by atoms with Gasteiger partial charge in [-0.2, -0.15) is 0 Å². The van der Waals surface area contributed by atoms with E-state index in [-0.39, 0.29) is 6.10 Å². The van der Waals surface area contributed by atoms with Crippen molar-refractivity contribution in [2.45, 2.75) is 12.5 Å². The van der Waals surface area contributed by atoms with Gasteiger partial charge in [-0.25, -0.2) is 14.8 Å². The van der Waals surface area contributed by atoms with E-state index in [0.29, 0.717) is 11.6 Å². The topological polar surface area (TPSA) is 73.3 Å². The fourth-order valence-corrected chi connectivity index (χ4v) is 1.55. The Kier molecular flexibility index (Phi) is 4.10. The number of nitrogens with zero attached hydrogens (tertiary/aromatic N) is 2. The molecule has 2 heterocycles. The molecule has 1 aliphatic rings. The number of nitrogens with one attached hydrogen (secondary N) is 1. The molecular formula is C12H13N3O3. The zero-order chi connectivity index (χ0) is 12.8. The normalized spacial score (nSPS) is 17.7. The van der Waals surface area contributed by atoms with Gasteiger partial charge in [-0.1, -0.05) is 0 Å². The maximum absolute atomic E-state index is 10.9. The molecule has 1 aliphatic heterocycles. The van der Waals surface area contributed by atoms with E-state index in [1.807, 2.05) is 0 Å². The van der Waals surface area contributed by atoms with Gasteiger partial charge in [-0.15, -0.1) is 0 Å². The third-order valence-electron chi connectivity index (χ3n) is 2.43. The Morgan fingerprint density at radius 2 is 2.33 bits per heavy atom. The third kappa shape index (κ3) is 3.18. The maximum Gasteiger partial charge on any atom is 0.384 e. The van der Waals surface area contributed by atoms with Crippen LogP contribution in [-0.4, -0.2) is 42.2 Å². The van der Waals surface area contributed by atoms with Crippen LogP contribution in [0.15, 0.2) is 12.4 Å². The van der Waals surface area contributed by atoms with E-state index in [0.717, 1.165) is 19.5 Å². The van der Waals surface area contributed by atoms with Crippen LogP contribution in [0.4, 0.5) is 0 Å². The van der Waals surface area contributed by atoms with Crippen molar-refractivity contribution in [2.24, 2.45) is 0 Å². The Bertz CT molecular complexity index is 487. The molecule has 1 aromatic heterocycles. The number of ether oxygens (including phenoxy) is 2. The minimum absolute atomic E-state index is 0.0698. The SMILES string of the molecule is COC(=O)C#Cc1nccnc1OC1CCNC1. The van der Waals surface area contributed by atoms with Crippen LogP contribution < -0.4 is 10.1 Å². The summed E-state index contributed by atoms with van der Waals surface area (Å²) in [6.07, 6.45) is 4.02.